The summed E-state index contributed by atoms with van der Waals surface area (Å²) in [5.74, 6) is -1.36. The summed E-state index contributed by atoms with van der Waals surface area (Å²) in [4.78, 5) is 26.8. The summed E-state index contributed by atoms with van der Waals surface area (Å²) in [5, 5.41) is 9.64. The van der Waals surface area contributed by atoms with Crippen molar-refractivity contribution in [2.45, 2.75) is 206 Å². The molecule has 1 aromatic rings. The number of carboxylic acids is 1. The minimum atomic E-state index is -1.07. The third kappa shape index (κ3) is 24.7. The first-order valence-electron chi connectivity index (χ1n) is 20.6. The summed E-state index contributed by atoms with van der Waals surface area (Å²) in [6, 6.07) is 6.52. The summed E-state index contributed by atoms with van der Waals surface area (Å²) in [5.41, 5.74) is 0.278. The van der Waals surface area contributed by atoms with Gasteiger partial charge in [0.2, 0.25) is 0 Å². The fourth-order valence-electron chi connectivity index (χ4n) is 6.47. The number of carboxylic acid groups (broad SMARTS) is 1. The molecule has 0 aliphatic heterocycles. The van der Waals surface area contributed by atoms with Crippen molar-refractivity contribution in [1.82, 2.24) is 4.90 Å². The van der Waals surface area contributed by atoms with Crippen molar-refractivity contribution in [3.63, 3.8) is 0 Å². The average molecular weight is 666 g/mol. The number of hydrogen-bond acceptors (Lipinski definition) is 2. The zero-order chi connectivity index (χ0) is 34.8. The van der Waals surface area contributed by atoms with Crippen molar-refractivity contribution in [2.24, 2.45) is 0 Å². The zero-order valence-electron chi connectivity index (χ0n) is 31.5. The van der Waals surface area contributed by atoms with Crippen molar-refractivity contribution in [1.29, 1.82) is 0 Å². The van der Waals surface area contributed by atoms with Crippen molar-refractivity contribution < 1.29 is 14.7 Å². The SMILES string of the molecule is CCCCCCCCCCCCCCCCC=CN(C=CCCCCCCCCCCCCCCCC)C(=O)c1ccccc1C(=O)O. The first-order chi connectivity index (χ1) is 23.6. The van der Waals surface area contributed by atoms with Crippen LogP contribution in [0.25, 0.3) is 0 Å². The molecule has 1 rings (SSSR count). The largest absolute Gasteiger partial charge is 0.478 e. The number of nitrogens with zero attached hydrogens (tertiary/aromatic N) is 1. The van der Waals surface area contributed by atoms with Crippen LogP contribution in [-0.4, -0.2) is 21.9 Å². The average Bonchev–Trinajstić information content (AvgIpc) is 3.10. The van der Waals surface area contributed by atoms with Gasteiger partial charge in [-0.15, -0.1) is 0 Å². The van der Waals surface area contributed by atoms with Crippen LogP contribution in [0.3, 0.4) is 0 Å². The highest BCUT2D eigenvalue weighted by atomic mass is 16.4. The molecule has 1 N–H and O–H groups in total. The molecule has 1 aromatic carbocycles. The molecule has 0 spiro atoms. The number of unbranched alkanes of at least 4 members (excludes halogenated alkanes) is 28. The highest BCUT2D eigenvalue weighted by molar-refractivity contribution is 6.05. The number of rotatable bonds is 34. The van der Waals surface area contributed by atoms with Gasteiger partial charge in [0.05, 0.1) is 11.1 Å². The van der Waals surface area contributed by atoms with Crippen molar-refractivity contribution in [3.8, 4) is 0 Å². The zero-order valence-corrected chi connectivity index (χ0v) is 31.5. The standard InChI is InChI=1S/C44H75NO3/c1-3-5-7-9-11-13-15-17-19-21-23-25-27-29-31-35-39-45(43(46)41-37-33-34-38-42(41)44(47)48)40-36-32-30-28-26-24-22-20-18-16-14-12-10-8-6-4-2/h33-40H,3-32H2,1-2H3,(H,47,48). The topological polar surface area (TPSA) is 57.6 Å². The molecular weight excluding hydrogens is 590 g/mol. The second kappa shape index (κ2) is 33.2. The quantitative estimate of drug-likeness (QED) is 0.0745. The normalized spacial score (nSPS) is 11.6. The molecule has 4 nitrogen and oxygen atoms in total. The molecule has 0 saturated carbocycles. The summed E-state index contributed by atoms with van der Waals surface area (Å²) in [6.45, 7) is 4.56. The second-order valence-electron chi connectivity index (χ2n) is 14.1. The molecule has 274 valence electrons. The number of aromatic carboxylic acids is 1. The Morgan fingerprint density at radius 1 is 0.479 bits per heavy atom. The van der Waals surface area contributed by atoms with Crippen LogP contribution in [0.4, 0.5) is 0 Å². The van der Waals surface area contributed by atoms with Crippen LogP contribution in [0, 0.1) is 0 Å². The van der Waals surface area contributed by atoms with Crippen LogP contribution in [0.5, 0.6) is 0 Å². The minimum absolute atomic E-state index is 0.0493. The maximum absolute atomic E-state index is 13.4. The van der Waals surface area contributed by atoms with Gasteiger partial charge < -0.3 is 5.11 Å². The van der Waals surface area contributed by atoms with E-state index in [9.17, 15) is 14.7 Å². The molecule has 0 saturated heterocycles. The van der Waals surface area contributed by atoms with Crippen LogP contribution in [0.1, 0.15) is 227 Å². The van der Waals surface area contributed by atoms with E-state index in [1.165, 1.54) is 173 Å². The lowest BCUT2D eigenvalue weighted by Crippen LogP contribution is -2.22. The number of carbonyl (C=O) groups excluding carboxylic acids is 1. The molecule has 48 heavy (non-hydrogen) atoms. The molecule has 0 radical (unpaired) electrons. The van der Waals surface area contributed by atoms with E-state index in [2.05, 4.69) is 26.0 Å². The number of allylic oxidation sites excluding steroid dienone is 2. The Balaban J connectivity index is 2.31. The van der Waals surface area contributed by atoms with Crippen molar-refractivity contribution in [3.05, 3.63) is 59.9 Å². The Morgan fingerprint density at radius 2 is 0.771 bits per heavy atom. The first-order valence-corrected chi connectivity index (χ1v) is 20.6. The van der Waals surface area contributed by atoms with Gasteiger partial charge in [0, 0.05) is 12.4 Å². The number of carbonyl (C=O) groups is 2. The van der Waals surface area contributed by atoms with E-state index >= 15 is 0 Å². The Morgan fingerprint density at radius 3 is 1.08 bits per heavy atom. The van der Waals surface area contributed by atoms with Crippen molar-refractivity contribution in [2.75, 3.05) is 0 Å². The highest BCUT2D eigenvalue weighted by Gasteiger charge is 2.19. The van der Waals surface area contributed by atoms with E-state index < -0.39 is 5.97 Å². The lowest BCUT2D eigenvalue weighted by atomic mass is 10.0. The van der Waals surface area contributed by atoms with Gasteiger partial charge in [-0.05, 0) is 37.8 Å². The summed E-state index contributed by atoms with van der Waals surface area (Å²) in [7, 11) is 0. The molecule has 0 atom stereocenters. The fraction of sp³-hybridized carbons (Fsp3) is 0.727. The van der Waals surface area contributed by atoms with Crippen LogP contribution in [0.2, 0.25) is 0 Å². The molecule has 0 aliphatic carbocycles. The molecule has 0 aliphatic rings. The van der Waals surface area contributed by atoms with Crippen LogP contribution >= 0.6 is 0 Å². The fourth-order valence-corrected chi connectivity index (χ4v) is 6.47. The molecule has 0 aromatic heterocycles. The van der Waals surface area contributed by atoms with E-state index in [-0.39, 0.29) is 17.0 Å². The molecule has 1 amide bonds. The summed E-state index contributed by atoms with van der Waals surface area (Å²) >= 11 is 0. The van der Waals surface area contributed by atoms with Gasteiger partial charge in [-0.2, -0.15) is 0 Å². The smallest absolute Gasteiger partial charge is 0.336 e. The second-order valence-corrected chi connectivity index (χ2v) is 14.1. The molecule has 0 heterocycles. The maximum Gasteiger partial charge on any atom is 0.336 e. The molecule has 0 unspecified atom stereocenters. The Labute approximate surface area is 297 Å². The predicted octanol–water partition coefficient (Wildman–Crippen LogP) is 14.6. The van der Waals surface area contributed by atoms with Gasteiger partial charge in [0.1, 0.15) is 0 Å². The molecule has 0 bridgehead atoms. The Kier molecular flexibility index (Phi) is 30.2. The third-order valence-corrected chi connectivity index (χ3v) is 9.60. The Bertz CT molecular complexity index is 910. The molecule has 4 heteroatoms. The van der Waals surface area contributed by atoms with E-state index in [4.69, 9.17) is 0 Å². The first kappa shape index (κ1) is 43.7. The lowest BCUT2D eigenvalue weighted by molar-refractivity contribution is 0.0687. The van der Waals surface area contributed by atoms with Gasteiger partial charge in [-0.1, -0.05) is 205 Å². The number of amides is 1. The van der Waals surface area contributed by atoms with Crippen molar-refractivity contribution >= 4 is 11.9 Å². The highest BCUT2D eigenvalue weighted by Crippen LogP contribution is 2.17. The molecular formula is C44H75NO3. The monoisotopic (exact) mass is 666 g/mol. The van der Waals surface area contributed by atoms with E-state index in [1.54, 1.807) is 23.1 Å². The molecule has 0 fully saturated rings. The van der Waals surface area contributed by atoms with Gasteiger partial charge >= 0.3 is 5.97 Å². The van der Waals surface area contributed by atoms with Gasteiger partial charge in [-0.25, -0.2) is 4.79 Å². The van der Waals surface area contributed by atoms with Crippen LogP contribution < -0.4 is 0 Å². The van der Waals surface area contributed by atoms with Gasteiger partial charge in [0.15, 0.2) is 0 Å². The van der Waals surface area contributed by atoms with E-state index in [1.807, 2.05) is 12.4 Å². The minimum Gasteiger partial charge on any atom is -0.478 e. The van der Waals surface area contributed by atoms with Gasteiger partial charge in [-0.3, -0.25) is 9.69 Å². The third-order valence-electron chi connectivity index (χ3n) is 9.60. The maximum atomic E-state index is 13.4. The summed E-state index contributed by atoms with van der Waals surface area (Å²) < 4.78 is 0. The van der Waals surface area contributed by atoms with E-state index in [0.29, 0.717) is 0 Å². The Hall–Kier alpha value is -2.36. The lowest BCUT2D eigenvalue weighted by Gasteiger charge is -2.15. The number of hydrogen-bond donors (Lipinski definition) is 1. The number of benzene rings is 1. The van der Waals surface area contributed by atoms with E-state index in [0.717, 1.165) is 25.7 Å². The summed E-state index contributed by atoms with van der Waals surface area (Å²) in [6.07, 6.45) is 47.3. The van der Waals surface area contributed by atoms with Gasteiger partial charge in [0.25, 0.3) is 5.91 Å². The van der Waals surface area contributed by atoms with Crippen LogP contribution in [0.15, 0.2) is 48.8 Å². The van der Waals surface area contributed by atoms with Crippen LogP contribution in [-0.2, 0) is 0 Å². The predicted molar refractivity (Wildman–Crippen MR) is 208 cm³/mol.